The molecule has 0 amide bonds. The van der Waals surface area contributed by atoms with Crippen molar-refractivity contribution >= 4 is 0 Å². The normalized spacial score (nSPS) is 32.7. The second-order valence-electron chi connectivity index (χ2n) is 5.59. The molecule has 1 aliphatic rings. The molecule has 5 N–H and O–H groups in total. The molecule has 1 rings (SSSR count). The Labute approximate surface area is 115 Å². The Morgan fingerprint density at radius 3 is 2.21 bits per heavy atom. The largest absolute Gasteiger partial charge is 0.395 e. The minimum atomic E-state index is -1.01. The molecule has 19 heavy (non-hydrogen) atoms. The molecule has 1 fully saturated rings. The lowest BCUT2D eigenvalue weighted by Gasteiger charge is -2.22. The van der Waals surface area contributed by atoms with Gasteiger partial charge in [-0.05, 0) is 6.42 Å². The van der Waals surface area contributed by atoms with Crippen LogP contribution in [0.2, 0.25) is 0 Å². The van der Waals surface area contributed by atoms with Crippen molar-refractivity contribution in [3.63, 3.8) is 0 Å². The molecule has 114 valence electrons. The molecular formula is C14H29NO4. The fourth-order valence-corrected chi connectivity index (χ4v) is 2.71. The van der Waals surface area contributed by atoms with Crippen LogP contribution in [0.3, 0.4) is 0 Å². The third-order valence-electron chi connectivity index (χ3n) is 4.00. The minimum Gasteiger partial charge on any atom is -0.395 e. The fourth-order valence-electron chi connectivity index (χ4n) is 2.71. The average molecular weight is 275 g/mol. The molecule has 0 bridgehead atoms. The Bertz CT molecular complexity index is 239. The highest BCUT2D eigenvalue weighted by Gasteiger charge is 2.43. The topological polar surface area (TPSA) is 93.0 Å². The van der Waals surface area contributed by atoms with E-state index >= 15 is 0 Å². The van der Waals surface area contributed by atoms with E-state index in [1.54, 1.807) is 0 Å². The van der Waals surface area contributed by atoms with Crippen molar-refractivity contribution in [1.29, 1.82) is 0 Å². The summed E-state index contributed by atoms with van der Waals surface area (Å²) in [5.74, 6) is 0. The SMILES string of the molecule is CCCCCCCC[C@H](O)[C@H]1N[C@H](CO)[C@@H](O)[C@@H]1O. The highest BCUT2D eigenvalue weighted by Crippen LogP contribution is 2.20. The van der Waals surface area contributed by atoms with Crippen molar-refractivity contribution in [1.82, 2.24) is 5.32 Å². The van der Waals surface area contributed by atoms with Crippen molar-refractivity contribution in [3.05, 3.63) is 0 Å². The summed E-state index contributed by atoms with van der Waals surface area (Å²) in [6, 6.07) is -1.08. The lowest BCUT2D eigenvalue weighted by atomic mass is 9.99. The molecule has 0 aromatic heterocycles. The van der Waals surface area contributed by atoms with Gasteiger partial charge in [-0.1, -0.05) is 45.4 Å². The van der Waals surface area contributed by atoms with Crippen LogP contribution in [0.25, 0.3) is 0 Å². The summed E-state index contributed by atoms with van der Waals surface area (Å²) in [4.78, 5) is 0. The van der Waals surface area contributed by atoms with Crippen LogP contribution in [0.5, 0.6) is 0 Å². The molecule has 1 saturated heterocycles. The maximum absolute atomic E-state index is 10.0. The fraction of sp³-hybridized carbons (Fsp3) is 1.00. The van der Waals surface area contributed by atoms with Crippen LogP contribution < -0.4 is 5.32 Å². The first-order valence-electron chi connectivity index (χ1n) is 7.53. The lowest BCUT2D eigenvalue weighted by molar-refractivity contribution is -0.00443. The van der Waals surface area contributed by atoms with Gasteiger partial charge in [0, 0.05) is 0 Å². The van der Waals surface area contributed by atoms with Crippen LogP contribution in [0.4, 0.5) is 0 Å². The van der Waals surface area contributed by atoms with Gasteiger partial charge in [-0.25, -0.2) is 0 Å². The second kappa shape index (κ2) is 8.87. The standard InChI is InChI=1S/C14H29NO4/c1-2-3-4-5-6-7-8-11(17)12-14(19)13(18)10(9-16)15-12/h10-19H,2-9H2,1H3/t10-,11+,12-,13-,14-/m1/s1. The van der Waals surface area contributed by atoms with Gasteiger partial charge < -0.3 is 25.7 Å². The maximum Gasteiger partial charge on any atom is 0.0993 e. The third kappa shape index (κ3) is 5.00. The number of aliphatic hydroxyl groups is 4. The Hall–Kier alpha value is -0.200. The quantitative estimate of drug-likeness (QED) is 0.386. The van der Waals surface area contributed by atoms with Crippen molar-refractivity contribution in [2.75, 3.05) is 6.61 Å². The molecule has 0 spiro atoms. The molecule has 5 atom stereocenters. The molecule has 5 heteroatoms. The summed E-state index contributed by atoms with van der Waals surface area (Å²) in [6.07, 6.45) is 4.85. The summed E-state index contributed by atoms with van der Waals surface area (Å²) in [5, 5.41) is 41.5. The van der Waals surface area contributed by atoms with E-state index in [4.69, 9.17) is 5.11 Å². The number of rotatable bonds is 9. The third-order valence-corrected chi connectivity index (χ3v) is 4.00. The van der Waals surface area contributed by atoms with E-state index in [0.717, 1.165) is 12.8 Å². The Morgan fingerprint density at radius 1 is 1.00 bits per heavy atom. The van der Waals surface area contributed by atoms with Gasteiger partial charge in [-0.15, -0.1) is 0 Å². The summed E-state index contributed by atoms with van der Waals surface area (Å²) >= 11 is 0. The zero-order chi connectivity index (χ0) is 14.3. The van der Waals surface area contributed by atoms with Crippen molar-refractivity contribution in [2.45, 2.75) is 82.3 Å². The van der Waals surface area contributed by atoms with Crippen molar-refractivity contribution in [2.24, 2.45) is 0 Å². The van der Waals surface area contributed by atoms with E-state index in [2.05, 4.69) is 12.2 Å². The van der Waals surface area contributed by atoms with Crippen LogP contribution in [-0.2, 0) is 0 Å². The number of nitrogens with one attached hydrogen (secondary N) is 1. The molecule has 1 heterocycles. The van der Waals surface area contributed by atoms with E-state index in [1.807, 2.05) is 0 Å². The maximum atomic E-state index is 10.0. The van der Waals surface area contributed by atoms with Gasteiger partial charge in [0.05, 0.1) is 37.0 Å². The van der Waals surface area contributed by atoms with Gasteiger partial charge in [-0.2, -0.15) is 0 Å². The zero-order valence-electron chi connectivity index (χ0n) is 11.8. The number of hydrogen-bond acceptors (Lipinski definition) is 5. The molecule has 0 radical (unpaired) electrons. The molecule has 5 nitrogen and oxygen atoms in total. The summed E-state index contributed by atoms with van der Waals surface area (Å²) in [5.41, 5.74) is 0. The van der Waals surface area contributed by atoms with Crippen LogP contribution in [0.15, 0.2) is 0 Å². The first-order chi connectivity index (χ1) is 9.11. The first-order valence-corrected chi connectivity index (χ1v) is 7.53. The number of unbranched alkanes of at least 4 members (excludes halogenated alkanes) is 5. The summed E-state index contributed by atoms with van der Waals surface area (Å²) < 4.78 is 0. The lowest BCUT2D eigenvalue weighted by Crippen LogP contribution is -2.44. The van der Waals surface area contributed by atoms with Gasteiger partial charge in [0.25, 0.3) is 0 Å². The Kier molecular flexibility index (Phi) is 7.87. The summed E-state index contributed by atoms with van der Waals surface area (Å²) in [6.45, 7) is 1.94. The summed E-state index contributed by atoms with van der Waals surface area (Å²) in [7, 11) is 0. The molecule has 0 aromatic rings. The molecule has 1 aliphatic heterocycles. The monoisotopic (exact) mass is 275 g/mol. The minimum absolute atomic E-state index is 0.238. The van der Waals surface area contributed by atoms with Gasteiger partial charge in [0.15, 0.2) is 0 Å². The van der Waals surface area contributed by atoms with E-state index in [1.165, 1.54) is 25.7 Å². The van der Waals surface area contributed by atoms with Gasteiger partial charge in [0.1, 0.15) is 0 Å². The smallest absolute Gasteiger partial charge is 0.0993 e. The highest BCUT2D eigenvalue weighted by atomic mass is 16.3. The van der Waals surface area contributed by atoms with Gasteiger partial charge in [-0.3, -0.25) is 0 Å². The second-order valence-corrected chi connectivity index (χ2v) is 5.59. The highest BCUT2D eigenvalue weighted by molar-refractivity contribution is 5.00. The molecule has 0 saturated carbocycles. The van der Waals surface area contributed by atoms with Crippen LogP contribution >= 0.6 is 0 Å². The average Bonchev–Trinajstić information content (AvgIpc) is 2.70. The van der Waals surface area contributed by atoms with Crippen molar-refractivity contribution in [3.8, 4) is 0 Å². The number of aliphatic hydroxyl groups excluding tert-OH is 4. The van der Waals surface area contributed by atoms with Crippen LogP contribution in [-0.4, -0.2) is 57.4 Å². The first kappa shape index (κ1) is 16.9. The van der Waals surface area contributed by atoms with Crippen LogP contribution in [0.1, 0.15) is 51.9 Å². The number of hydrogen-bond donors (Lipinski definition) is 5. The predicted octanol–water partition coefficient (Wildman–Crippen LogP) is 0.152. The molecule has 0 aromatic carbocycles. The van der Waals surface area contributed by atoms with Gasteiger partial charge in [0.2, 0.25) is 0 Å². The van der Waals surface area contributed by atoms with Gasteiger partial charge >= 0.3 is 0 Å². The van der Waals surface area contributed by atoms with E-state index in [9.17, 15) is 15.3 Å². The van der Waals surface area contributed by atoms with Crippen molar-refractivity contribution < 1.29 is 20.4 Å². The molecule has 0 aliphatic carbocycles. The zero-order valence-corrected chi connectivity index (χ0v) is 11.8. The van der Waals surface area contributed by atoms with Crippen LogP contribution in [0, 0.1) is 0 Å². The molecule has 0 unspecified atom stereocenters. The van der Waals surface area contributed by atoms with E-state index in [-0.39, 0.29) is 6.61 Å². The van der Waals surface area contributed by atoms with E-state index in [0.29, 0.717) is 6.42 Å². The Balaban J connectivity index is 2.20. The molecular weight excluding hydrogens is 246 g/mol. The Morgan fingerprint density at radius 2 is 1.63 bits per heavy atom. The van der Waals surface area contributed by atoms with E-state index < -0.39 is 30.4 Å². The predicted molar refractivity (Wildman–Crippen MR) is 73.8 cm³/mol.